The predicted octanol–water partition coefficient (Wildman–Crippen LogP) is 6.99. The van der Waals surface area contributed by atoms with E-state index in [-0.39, 0.29) is 11.7 Å². The number of nitrogens with zero attached hydrogens (tertiary/aromatic N) is 2. The summed E-state index contributed by atoms with van der Waals surface area (Å²) in [5, 5.41) is 0. The van der Waals surface area contributed by atoms with Gasteiger partial charge in [0.1, 0.15) is 5.82 Å². The molecule has 0 saturated carbocycles. The zero-order chi connectivity index (χ0) is 21.7. The summed E-state index contributed by atoms with van der Waals surface area (Å²) in [7, 11) is 0. The highest BCUT2D eigenvalue weighted by atomic mass is 16.1. The molecule has 1 unspecified atom stereocenters. The number of rotatable bonds is 10. The van der Waals surface area contributed by atoms with E-state index in [1.54, 1.807) is 0 Å². The van der Waals surface area contributed by atoms with Gasteiger partial charge in [0.2, 0.25) is 0 Å². The van der Waals surface area contributed by atoms with E-state index in [9.17, 15) is 4.79 Å². The van der Waals surface area contributed by atoms with E-state index in [0.29, 0.717) is 6.42 Å². The van der Waals surface area contributed by atoms with E-state index in [1.165, 1.54) is 17.5 Å². The quantitative estimate of drug-likeness (QED) is 0.269. The molecular formula is C27H36N2O. The maximum absolute atomic E-state index is 13.6. The molecule has 0 bridgehead atoms. The number of hydrogen-bond acceptors (Lipinski definition) is 2. The molecule has 0 saturated heterocycles. The normalized spacial score (nSPS) is 12.4. The van der Waals surface area contributed by atoms with Crippen molar-refractivity contribution >= 4 is 16.8 Å². The first kappa shape index (κ1) is 22.3. The van der Waals surface area contributed by atoms with Crippen LogP contribution in [-0.4, -0.2) is 15.3 Å². The Morgan fingerprint density at radius 2 is 1.70 bits per heavy atom. The van der Waals surface area contributed by atoms with E-state index in [0.717, 1.165) is 60.3 Å². The Hall–Kier alpha value is -2.42. The first-order valence-corrected chi connectivity index (χ1v) is 11.5. The zero-order valence-electron chi connectivity index (χ0n) is 19.3. The Morgan fingerprint density at radius 3 is 2.43 bits per heavy atom. The Bertz CT molecular complexity index is 1020. The number of unbranched alkanes of at least 4 members (excludes halogenated alkanes) is 2. The summed E-state index contributed by atoms with van der Waals surface area (Å²) in [5.41, 5.74) is 6.55. The minimum absolute atomic E-state index is 0.0226. The predicted molar refractivity (Wildman–Crippen MR) is 126 cm³/mol. The van der Waals surface area contributed by atoms with Crippen LogP contribution in [-0.2, 0) is 13.0 Å². The van der Waals surface area contributed by atoms with Gasteiger partial charge in [-0.3, -0.25) is 4.79 Å². The van der Waals surface area contributed by atoms with E-state index in [1.807, 2.05) is 6.92 Å². The summed E-state index contributed by atoms with van der Waals surface area (Å²) in [6.07, 6.45) is 6.11. The zero-order valence-corrected chi connectivity index (χ0v) is 19.3. The van der Waals surface area contributed by atoms with Gasteiger partial charge in [-0.1, -0.05) is 56.9 Å². The van der Waals surface area contributed by atoms with Crippen LogP contribution in [0.15, 0.2) is 36.4 Å². The molecule has 3 nitrogen and oxygen atoms in total. The van der Waals surface area contributed by atoms with Crippen LogP contribution >= 0.6 is 0 Å². The fourth-order valence-corrected chi connectivity index (χ4v) is 4.33. The third-order valence-electron chi connectivity index (χ3n) is 6.04. The number of aromatic nitrogens is 2. The molecule has 0 radical (unpaired) electrons. The van der Waals surface area contributed by atoms with Gasteiger partial charge < -0.3 is 4.57 Å². The van der Waals surface area contributed by atoms with Gasteiger partial charge in [-0.25, -0.2) is 4.98 Å². The van der Waals surface area contributed by atoms with Crippen LogP contribution in [0.3, 0.4) is 0 Å². The van der Waals surface area contributed by atoms with Crippen molar-refractivity contribution in [3.05, 3.63) is 64.5 Å². The number of carbonyl (C=O) groups is 1. The van der Waals surface area contributed by atoms with Gasteiger partial charge in [-0.2, -0.15) is 0 Å². The molecule has 0 amide bonds. The largest absolute Gasteiger partial charge is 0.328 e. The molecule has 0 aliphatic heterocycles. The minimum Gasteiger partial charge on any atom is -0.328 e. The van der Waals surface area contributed by atoms with Gasteiger partial charge in [-0.05, 0) is 62.9 Å². The van der Waals surface area contributed by atoms with Gasteiger partial charge in [0.15, 0.2) is 5.78 Å². The van der Waals surface area contributed by atoms with Crippen molar-refractivity contribution in [3.8, 4) is 0 Å². The molecule has 2 aromatic carbocycles. The van der Waals surface area contributed by atoms with Crippen LogP contribution in [0.25, 0.3) is 11.0 Å². The monoisotopic (exact) mass is 404 g/mol. The molecule has 3 heteroatoms. The van der Waals surface area contributed by atoms with Gasteiger partial charge >= 0.3 is 0 Å². The molecule has 1 atom stereocenters. The summed E-state index contributed by atoms with van der Waals surface area (Å²) in [6.45, 7) is 11.6. The van der Waals surface area contributed by atoms with Gasteiger partial charge in [0.25, 0.3) is 0 Å². The summed E-state index contributed by atoms with van der Waals surface area (Å²) >= 11 is 0. The van der Waals surface area contributed by atoms with Gasteiger partial charge in [0.05, 0.1) is 11.0 Å². The molecule has 3 aromatic rings. The van der Waals surface area contributed by atoms with Crippen molar-refractivity contribution in [2.45, 2.75) is 79.7 Å². The molecule has 160 valence electrons. The van der Waals surface area contributed by atoms with Crippen LogP contribution in [0.5, 0.6) is 0 Å². The smallest absolute Gasteiger partial charge is 0.166 e. The fraction of sp³-hybridized carbons (Fsp3) is 0.481. The fourth-order valence-electron chi connectivity index (χ4n) is 4.33. The summed E-state index contributed by atoms with van der Waals surface area (Å²) in [5.74, 6) is 1.31. The Labute approximate surface area is 181 Å². The molecule has 3 rings (SSSR count). The second-order valence-corrected chi connectivity index (χ2v) is 8.75. The number of Topliss-reactive ketones (excluding diaryl/α,β-unsaturated/α-hetero) is 1. The SMILES string of the molecule is CCCCCC(Cc1nc2cc(C)ccc2n1CCC)C(=O)c1cc(C)ccc1C. The lowest BCUT2D eigenvalue weighted by Gasteiger charge is -2.18. The summed E-state index contributed by atoms with van der Waals surface area (Å²) < 4.78 is 2.33. The molecule has 0 spiro atoms. The van der Waals surface area contributed by atoms with Crippen LogP contribution in [0.4, 0.5) is 0 Å². The molecular weight excluding hydrogens is 368 g/mol. The Morgan fingerprint density at radius 1 is 0.967 bits per heavy atom. The maximum Gasteiger partial charge on any atom is 0.166 e. The van der Waals surface area contributed by atoms with Crippen molar-refractivity contribution in [3.63, 3.8) is 0 Å². The molecule has 0 fully saturated rings. The van der Waals surface area contributed by atoms with Gasteiger partial charge in [-0.15, -0.1) is 0 Å². The highest BCUT2D eigenvalue weighted by Crippen LogP contribution is 2.26. The van der Waals surface area contributed by atoms with Gasteiger partial charge in [0, 0.05) is 24.4 Å². The van der Waals surface area contributed by atoms with E-state index in [2.05, 4.69) is 68.7 Å². The average Bonchev–Trinajstić information content (AvgIpc) is 3.05. The second kappa shape index (κ2) is 10.1. The van der Waals surface area contributed by atoms with Crippen LogP contribution in [0.1, 0.15) is 78.8 Å². The van der Waals surface area contributed by atoms with E-state index < -0.39 is 0 Å². The third-order valence-corrected chi connectivity index (χ3v) is 6.04. The first-order valence-electron chi connectivity index (χ1n) is 11.5. The number of fused-ring (bicyclic) bond motifs is 1. The molecule has 30 heavy (non-hydrogen) atoms. The lowest BCUT2D eigenvalue weighted by Crippen LogP contribution is -2.21. The van der Waals surface area contributed by atoms with Crippen LogP contribution in [0.2, 0.25) is 0 Å². The van der Waals surface area contributed by atoms with Crippen LogP contribution in [0, 0.1) is 26.7 Å². The lowest BCUT2D eigenvalue weighted by atomic mass is 9.87. The number of carbonyl (C=O) groups excluding carboxylic acids is 1. The van der Waals surface area contributed by atoms with Crippen molar-refractivity contribution in [2.24, 2.45) is 5.92 Å². The molecule has 0 aliphatic rings. The number of aryl methyl sites for hydroxylation is 4. The van der Waals surface area contributed by atoms with E-state index in [4.69, 9.17) is 4.98 Å². The van der Waals surface area contributed by atoms with Crippen molar-refractivity contribution in [1.29, 1.82) is 0 Å². The number of ketones is 1. The first-order chi connectivity index (χ1) is 14.4. The second-order valence-electron chi connectivity index (χ2n) is 8.75. The Kier molecular flexibility index (Phi) is 7.47. The number of imidazole rings is 1. The number of hydrogen-bond donors (Lipinski definition) is 0. The van der Waals surface area contributed by atoms with Crippen molar-refractivity contribution in [1.82, 2.24) is 9.55 Å². The summed E-state index contributed by atoms with van der Waals surface area (Å²) in [4.78, 5) is 18.6. The maximum atomic E-state index is 13.6. The lowest BCUT2D eigenvalue weighted by molar-refractivity contribution is 0.0907. The number of benzene rings is 2. The standard InChI is InChI=1S/C27H36N2O/c1-6-8-9-10-22(27(30)23-16-19(3)11-13-21(23)5)18-26-28-24-17-20(4)12-14-25(24)29(26)15-7-2/h11-14,16-17,22H,6-10,15,18H2,1-5H3. The van der Waals surface area contributed by atoms with Crippen molar-refractivity contribution in [2.75, 3.05) is 0 Å². The minimum atomic E-state index is -0.0226. The Balaban J connectivity index is 1.97. The highest BCUT2D eigenvalue weighted by Gasteiger charge is 2.24. The summed E-state index contributed by atoms with van der Waals surface area (Å²) in [6, 6.07) is 12.7. The third kappa shape index (κ3) is 5.00. The molecule has 0 N–H and O–H groups in total. The van der Waals surface area contributed by atoms with E-state index >= 15 is 0 Å². The average molecular weight is 405 g/mol. The highest BCUT2D eigenvalue weighted by molar-refractivity contribution is 5.99. The topological polar surface area (TPSA) is 34.9 Å². The molecule has 1 aromatic heterocycles. The van der Waals surface area contributed by atoms with Crippen LogP contribution < -0.4 is 0 Å². The molecule has 0 aliphatic carbocycles. The van der Waals surface area contributed by atoms with Crippen molar-refractivity contribution < 1.29 is 4.79 Å². The molecule has 1 heterocycles.